The van der Waals surface area contributed by atoms with Crippen molar-refractivity contribution in [2.45, 2.75) is 44.9 Å². The number of alkyl halides is 1. The first-order valence-electron chi connectivity index (χ1n) is 6.33. The zero-order valence-electron chi connectivity index (χ0n) is 10.8. The van der Waals surface area contributed by atoms with Gasteiger partial charge in [-0.05, 0) is 50.0 Å². The Bertz CT molecular complexity index is 315. The van der Waals surface area contributed by atoms with E-state index in [2.05, 4.69) is 31.7 Å². The number of rotatable bonds is 4. The van der Waals surface area contributed by atoms with Gasteiger partial charge in [0.25, 0.3) is 0 Å². The van der Waals surface area contributed by atoms with E-state index < -0.39 is 0 Å². The van der Waals surface area contributed by atoms with Crippen LogP contribution in [0, 0.1) is 11.8 Å². The Labute approximate surface area is 115 Å². The maximum absolute atomic E-state index is 6.29. The van der Waals surface area contributed by atoms with Gasteiger partial charge >= 0.3 is 0 Å². The van der Waals surface area contributed by atoms with Crippen LogP contribution in [0.3, 0.4) is 0 Å². The monoisotopic (exact) mass is 272 g/mol. The van der Waals surface area contributed by atoms with Crippen LogP contribution in [-0.2, 0) is 0 Å². The molecule has 0 N–H and O–H groups in total. The van der Waals surface area contributed by atoms with Gasteiger partial charge in [-0.25, -0.2) is 0 Å². The molecule has 0 amide bonds. The molecule has 0 heterocycles. The summed E-state index contributed by atoms with van der Waals surface area (Å²) in [6.07, 6.45) is 11.2. The number of hydrogen-bond donors (Lipinski definition) is 0. The summed E-state index contributed by atoms with van der Waals surface area (Å²) in [6, 6.07) is 0. The molecule has 3 unspecified atom stereocenters. The summed E-state index contributed by atoms with van der Waals surface area (Å²) in [5.41, 5.74) is 1.06. The van der Waals surface area contributed by atoms with E-state index in [4.69, 9.17) is 23.2 Å². The van der Waals surface area contributed by atoms with Gasteiger partial charge in [0.2, 0.25) is 0 Å². The van der Waals surface area contributed by atoms with Crippen molar-refractivity contribution in [2.24, 2.45) is 11.8 Å². The third-order valence-corrected chi connectivity index (χ3v) is 4.44. The molecule has 0 aromatic carbocycles. The fourth-order valence-electron chi connectivity index (χ4n) is 2.10. The van der Waals surface area contributed by atoms with Crippen LogP contribution in [0.2, 0.25) is 0 Å². The van der Waals surface area contributed by atoms with Crippen molar-refractivity contribution in [2.75, 3.05) is 0 Å². The predicted octanol–water partition coefficient (Wildman–Crippen LogP) is 5.68. The summed E-state index contributed by atoms with van der Waals surface area (Å²) in [5, 5.41) is 0.976. The first kappa shape index (κ1) is 14.9. The van der Waals surface area contributed by atoms with Crippen LogP contribution in [-0.4, -0.2) is 5.38 Å². The van der Waals surface area contributed by atoms with Crippen molar-refractivity contribution in [3.8, 4) is 0 Å². The van der Waals surface area contributed by atoms with Crippen LogP contribution in [0.1, 0.15) is 39.5 Å². The van der Waals surface area contributed by atoms with E-state index in [1.165, 1.54) is 12.8 Å². The van der Waals surface area contributed by atoms with Crippen LogP contribution >= 0.6 is 23.2 Å². The molecule has 1 fully saturated rings. The second-order valence-corrected chi connectivity index (χ2v) is 6.04. The van der Waals surface area contributed by atoms with Crippen molar-refractivity contribution in [1.82, 2.24) is 0 Å². The molecule has 2 heteroatoms. The summed E-state index contributed by atoms with van der Waals surface area (Å²) in [6.45, 7) is 7.93. The van der Waals surface area contributed by atoms with E-state index in [0.29, 0.717) is 22.2 Å². The number of hydrogen-bond acceptors (Lipinski definition) is 0. The highest BCUT2D eigenvalue weighted by Crippen LogP contribution is 2.33. The summed E-state index contributed by atoms with van der Waals surface area (Å²) in [4.78, 5) is 0. The molecule has 0 aromatic heterocycles. The highest BCUT2D eigenvalue weighted by Gasteiger charge is 2.24. The van der Waals surface area contributed by atoms with E-state index in [1.807, 2.05) is 6.92 Å². The van der Waals surface area contributed by atoms with Crippen LogP contribution in [0.5, 0.6) is 0 Å². The minimum Gasteiger partial charge on any atom is -0.123 e. The van der Waals surface area contributed by atoms with Crippen LogP contribution in [0.15, 0.2) is 35.4 Å². The largest absolute Gasteiger partial charge is 0.123 e. The Hall–Kier alpha value is -0.200. The van der Waals surface area contributed by atoms with Crippen molar-refractivity contribution in [1.29, 1.82) is 0 Å². The van der Waals surface area contributed by atoms with E-state index in [-0.39, 0.29) is 0 Å². The topological polar surface area (TPSA) is 0 Å². The van der Waals surface area contributed by atoms with Crippen LogP contribution in [0.25, 0.3) is 0 Å². The molecular weight excluding hydrogens is 251 g/mol. The maximum atomic E-state index is 6.29. The first-order chi connectivity index (χ1) is 8.00. The van der Waals surface area contributed by atoms with Crippen molar-refractivity contribution in [3.05, 3.63) is 35.4 Å². The van der Waals surface area contributed by atoms with Crippen LogP contribution < -0.4 is 0 Å². The Kier molecular flexibility index (Phi) is 6.37. The fraction of sp³-hybridized carbons (Fsp3) is 0.600. The molecule has 0 aliphatic heterocycles. The summed E-state index contributed by atoms with van der Waals surface area (Å²) < 4.78 is 0. The van der Waals surface area contributed by atoms with Crippen LogP contribution in [0.4, 0.5) is 0 Å². The molecule has 1 aliphatic carbocycles. The third kappa shape index (κ3) is 5.31. The molecule has 0 bridgehead atoms. The smallest absolute Gasteiger partial charge is 0.0367 e. The minimum absolute atomic E-state index is 0.346. The second kappa shape index (κ2) is 7.28. The Balaban J connectivity index is 2.35. The zero-order valence-corrected chi connectivity index (χ0v) is 12.3. The molecule has 1 saturated carbocycles. The fourth-order valence-corrected chi connectivity index (χ4v) is 2.53. The minimum atomic E-state index is 0.346. The average Bonchev–Trinajstić information content (AvgIpc) is 2.28. The van der Waals surface area contributed by atoms with Gasteiger partial charge in [-0.15, -0.1) is 11.6 Å². The lowest BCUT2D eigenvalue weighted by atomic mass is 9.82. The van der Waals surface area contributed by atoms with E-state index >= 15 is 0 Å². The quantitative estimate of drug-likeness (QED) is 0.351. The molecule has 0 saturated heterocycles. The molecule has 96 valence electrons. The normalized spacial score (nSPS) is 30.8. The first-order valence-corrected chi connectivity index (χ1v) is 7.14. The highest BCUT2D eigenvalue weighted by molar-refractivity contribution is 6.31. The third-order valence-electron chi connectivity index (χ3n) is 3.53. The lowest BCUT2D eigenvalue weighted by Crippen LogP contribution is -2.22. The Morgan fingerprint density at radius 1 is 1.41 bits per heavy atom. The molecule has 0 spiro atoms. The second-order valence-electron chi connectivity index (χ2n) is 5.02. The van der Waals surface area contributed by atoms with Crippen molar-refractivity contribution < 1.29 is 0 Å². The number of halogens is 2. The van der Waals surface area contributed by atoms with Gasteiger partial charge in [-0.1, -0.05) is 43.3 Å². The van der Waals surface area contributed by atoms with Crippen molar-refractivity contribution >= 4 is 23.2 Å². The van der Waals surface area contributed by atoms with Gasteiger partial charge in [0.05, 0.1) is 0 Å². The predicted molar refractivity (Wildman–Crippen MR) is 78.7 cm³/mol. The standard InChI is InChI=1S/C15H22Cl2/c1-11(13(3)16)6-4-5-7-14-9-8-12(2)15(17)10-14/h5-7,12,14-15H,3-4,8-10H2,1-2H3/b7-5+,11-6-. The molecule has 1 aliphatic rings. The van der Waals surface area contributed by atoms with Gasteiger partial charge in [0.1, 0.15) is 0 Å². The summed E-state index contributed by atoms with van der Waals surface area (Å²) in [7, 11) is 0. The molecular formula is C15H22Cl2. The van der Waals surface area contributed by atoms with Gasteiger partial charge < -0.3 is 0 Å². The Morgan fingerprint density at radius 3 is 2.71 bits per heavy atom. The lowest BCUT2D eigenvalue weighted by molar-refractivity contribution is 0.337. The lowest BCUT2D eigenvalue weighted by Gasteiger charge is -2.28. The van der Waals surface area contributed by atoms with Crippen molar-refractivity contribution in [3.63, 3.8) is 0 Å². The number of allylic oxidation sites excluding steroid dienone is 5. The van der Waals surface area contributed by atoms with E-state index in [0.717, 1.165) is 18.4 Å². The molecule has 0 radical (unpaired) electrons. The SMILES string of the molecule is C=C(Cl)/C(C)=C\C/C=C/C1CCC(C)C(Cl)C1. The van der Waals surface area contributed by atoms with E-state index in [9.17, 15) is 0 Å². The highest BCUT2D eigenvalue weighted by atomic mass is 35.5. The van der Waals surface area contributed by atoms with Gasteiger partial charge in [0, 0.05) is 10.4 Å². The molecule has 17 heavy (non-hydrogen) atoms. The molecule has 0 aromatic rings. The summed E-state index contributed by atoms with van der Waals surface area (Å²) in [5.74, 6) is 1.32. The maximum Gasteiger partial charge on any atom is 0.0367 e. The zero-order chi connectivity index (χ0) is 12.8. The molecule has 1 rings (SSSR count). The van der Waals surface area contributed by atoms with Gasteiger partial charge in [-0.2, -0.15) is 0 Å². The molecule has 3 atom stereocenters. The van der Waals surface area contributed by atoms with Gasteiger partial charge in [-0.3, -0.25) is 0 Å². The average molecular weight is 273 g/mol. The summed E-state index contributed by atoms with van der Waals surface area (Å²) >= 11 is 12.1. The van der Waals surface area contributed by atoms with E-state index in [1.54, 1.807) is 0 Å². The van der Waals surface area contributed by atoms with Gasteiger partial charge in [0.15, 0.2) is 0 Å². The Morgan fingerprint density at radius 2 is 2.12 bits per heavy atom. The molecule has 0 nitrogen and oxygen atoms in total.